The Labute approximate surface area is 107 Å². The summed E-state index contributed by atoms with van der Waals surface area (Å²) in [7, 11) is 3.94. The Bertz CT molecular complexity index is 489. The fourth-order valence-corrected chi connectivity index (χ4v) is 1.97. The van der Waals surface area contributed by atoms with Crippen molar-refractivity contribution >= 4 is 12.0 Å². The van der Waals surface area contributed by atoms with Crippen molar-refractivity contribution in [2.75, 3.05) is 20.6 Å². The van der Waals surface area contributed by atoms with E-state index in [2.05, 4.69) is 9.98 Å². The molecule has 4 nitrogen and oxygen atoms in total. The minimum atomic E-state index is 0.685. The summed E-state index contributed by atoms with van der Waals surface area (Å²) in [6.45, 7) is 0.685. The first-order valence-corrected chi connectivity index (χ1v) is 6.01. The van der Waals surface area contributed by atoms with E-state index in [0.29, 0.717) is 6.54 Å². The average Bonchev–Trinajstić information content (AvgIpc) is 2.39. The standard InChI is InChI=1S/C14H17N3O/c1-17(2)9-14-11(10-18)6-7-13(16-14)12-5-3-4-8-15-12/h3-5,8,10H,6-7,9H2,1-2H3. The first-order valence-electron chi connectivity index (χ1n) is 6.01. The minimum Gasteiger partial charge on any atom is -0.304 e. The average molecular weight is 243 g/mol. The first-order chi connectivity index (χ1) is 8.70. The first kappa shape index (κ1) is 12.6. The van der Waals surface area contributed by atoms with Crippen LogP contribution in [0.25, 0.3) is 0 Å². The largest absolute Gasteiger partial charge is 0.304 e. The fraction of sp³-hybridized carbons (Fsp3) is 0.357. The Balaban J connectivity index is 2.32. The lowest BCUT2D eigenvalue weighted by atomic mass is 10.0. The van der Waals surface area contributed by atoms with E-state index in [9.17, 15) is 4.79 Å². The van der Waals surface area contributed by atoms with E-state index in [0.717, 1.165) is 41.8 Å². The fourth-order valence-electron chi connectivity index (χ4n) is 1.97. The molecule has 18 heavy (non-hydrogen) atoms. The van der Waals surface area contributed by atoms with Gasteiger partial charge in [0.25, 0.3) is 0 Å². The number of pyridine rings is 1. The molecule has 2 heterocycles. The number of allylic oxidation sites excluding steroid dienone is 1. The van der Waals surface area contributed by atoms with Gasteiger partial charge < -0.3 is 4.90 Å². The van der Waals surface area contributed by atoms with E-state index in [1.807, 2.05) is 37.2 Å². The van der Waals surface area contributed by atoms with Crippen LogP contribution in [0.4, 0.5) is 0 Å². The highest BCUT2D eigenvalue weighted by molar-refractivity contribution is 6.01. The molecule has 0 aliphatic carbocycles. The summed E-state index contributed by atoms with van der Waals surface area (Å²) in [4.78, 5) is 22.0. The molecule has 0 spiro atoms. The Hall–Kier alpha value is -1.81. The lowest BCUT2D eigenvalue weighted by molar-refractivity contribution is -0.105. The third-order valence-corrected chi connectivity index (χ3v) is 2.84. The number of nitrogens with zero attached hydrogens (tertiary/aromatic N) is 3. The normalized spacial score (nSPS) is 15.8. The van der Waals surface area contributed by atoms with Crippen LogP contribution < -0.4 is 0 Å². The molecule has 0 atom stereocenters. The molecular weight excluding hydrogens is 226 g/mol. The molecule has 0 fully saturated rings. The summed E-state index contributed by atoms with van der Waals surface area (Å²) in [6.07, 6.45) is 4.23. The molecule has 0 saturated carbocycles. The maximum absolute atomic E-state index is 11.0. The SMILES string of the molecule is CN(C)CC1=C(C=O)CCC(c2ccccn2)=N1. The zero-order chi connectivity index (χ0) is 13.0. The van der Waals surface area contributed by atoms with Crippen molar-refractivity contribution in [1.29, 1.82) is 0 Å². The molecule has 0 aromatic carbocycles. The summed E-state index contributed by atoms with van der Waals surface area (Å²) in [5, 5.41) is 0. The summed E-state index contributed by atoms with van der Waals surface area (Å²) in [5.74, 6) is 0. The van der Waals surface area contributed by atoms with Crippen molar-refractivity contribution in [2.24, 2.45) is 4.99 Å². The summed E-state index contributed by atoms with van der Waals surface area (Å²) < 4.78 is 0. The summed E-state index contributed by atoms with van der Waals surface area (Å²) in [6, 6.07) is 5.80. The van der Waals surface area contributed by atoms with Crippen molar-refractivity contribution in [1.82, 2.24) is 9.88 Å². The van der Waals surface area contributed by atoms with Crippen LogP contribution in [0.15, 0.2) is 40.7 Å². The van der Waals surface area contributed by atoms with Gasteiger partial charge in [-0.05, 0) is 39.1 Å². The number of carbonyl (C=O) groups excluding carboxylic acids is 1. The zero-order valence-corrected chi connectivity index (χ0v) is 10.8. The van der Waals surface area contributed by atoms with Crippen LogP contribution in [0.2, 0.25) is 0 Å². The molecule has 1 aliphatic rings. The number of carbonyl (C=O) groups is 1. The highest BCUT2D eigenvalue weighted by Gasteiger charge is 2.16. The second-order valence-electron chi connectivity index (χ2n) is 4.60. The van der Waals surface area contributed by atoms with Crippen molar-refractivity contribution in [2.45, 2.75) is 12.8 Å². The van der Waals surface area contributed by atoms with Gasteiger partial charge in [0, 0.05) is 18.3 Å². The predicted molar refractivity (Wildman–Crippen MR) is 71.7 cm³/mol. The molecule has 1 aromatic heterocycles. The van der Waals surface area contributed by atoms with Gasteiger partial charge in [-0.3, -0.25) is 14.8 Å². The Morgan fingerprint density at radius 1 is 1.33 bits per heavy atom. The van der Waals surface area contributed by atoms with Crippen LogP contribution >= 0.6 is 0 Å². The van der Waals surface area contributed by atoms with Gasteiger partial charge in [0.2, 0.25) is 0 Å². The van der Waals surface area contributed by atoms with Crippen LogP contribution in [0, 0.1) is 0 Å². The van der Waals surface area contributed by atoms with Crippen LogP contribution in [0.3, 0.4) is 0 Å². The van der Waals surface area contributed by atoms with Gasteiger partial charge in [0.1, 0.15) is 6.29 Å². The number of aliphatic imine (C=N–C) groups is 1. The van der Waals surface area contributed by atoms with Crippen LogP contribution in [-0.2, 0) is 4.79 Å². The van der Waals surface area contributed by atoms with Gasteiger partial charge in [-0.1, -0.05) is 6.07 Å². The predicted octanol–water partition coefficient (Wildman–Crippen LogP) is 1.68. The van der Waals surface area contributed by atoms with Gasteiger partial charge in [0.15, 0.2) is 0 Å². The molecular formula is C14H17N3O. The quantitative estimate of drug-likeness (QED) is 0.756. The van der Waals surface area contributed by atoms with Gasteiger partial charge in [-0.25, -0.2) is 0 Å². The number of rotatable bonds is 4. The van der Waals surface area contributed by atoms with E-state index < -0.39 is 0 Å². The molecule has 0 unspecified atom stereocenters. The van der Waals surface area contributed by atoms with Crippen molar-refractivity contribution in [3.63, 3.8) is 0 Å². The molecule has 2 rings (SSSR count). The second-order valence-corrected chi connectivity index (χ2v) is 4.60. The number of aromatic nitrogens is 1. The van der Waals surface area contributed by atoms with E-state index in [1.165, 1.54) is 0 Å². The van der Waals surface area contributed by atoms with Crippen molar-refractivity contribution in [3.8, 4) is 0 Å². The lowest BCUT2D eigenvalue weighted by Crippen LogP contribution is -2.20. The number of aldehydes is 1. The maximum atomic E-state index is 11.0. The smallest absolute Gasteiger partial charge is 0.147 e. The Kier molecular flexibility index (Phi) is 3.99. The topological polar surface area (TPSA) is 45.6 Å². The highest BCUT2D eigenvalue weighted by atomic mass is 16.1. The number of likely N-dealkylation sites (N-methyl/N-ethyl adjacent to an activating group) is 1. The number of hydrogen-bond acceptors (Lipinski definition) is 4. The Morgan fingerprint density at radius 2 is 2.17 bits per heavy atom. The summed E-state index contributed by atoms with van der Waals surface area (Å²) in [5.41, 5.74) is 3.54. The van der Waals surface area contributed by atoms with E-state index in [1.54, 1.807) is 6.20 Å². The van der Waals surface area contributed by atoms with E-state index >= 15 is 0 Å². The zero-order valence-electron chi connectivity index (χ0n) is 10.8. The molecule has 94 valence electrons. The van der Waals surface area contributed by atoms with E-state index in [-0.39, 0.29) is 0 Å². The third kappa shape index (κ3) is 2.90. The Morgan fingerprint density at radius 3 is 2.78 bits per heavy atom. The van der Waals surface area contributed by atoms with Crippen LogP contribution in [0.1, 0.15) is 18.5 Å². The lowest BCUT2D eigenvalue weighted by Gasteiger charge is -2.18. The van der Waals surface area contributed by atoms with Gasteiger partial charge >= 0.3 is 0 Å². The van der Waals surface area contributed by atoms with Crippen LogP contribution in [-0.4, -0.2) is 42.5 Å². The molecule has 0 N–H and O–H groups in total. The highest BCUT2D eigenvalue weighted by Crippen LogP contribution is 2.21. The summed E-state index contributed by atoms with van der Waals surface area (Å²) >= 11 is 0. The second kappa shape index (κ2) is 5.69. The molecule has 0 amide bonds. The molecule has 1 aromatic rings. The van der Waals surface area contributed by atoms with Gasteiger partial charge in [-0.15, -0.1) is 0 Å². The number of hydrogen-bond donors (Lipinski definition) is 0. The maximum Gasteiger partial charge on any atom is 0.147 e. The molecule has 1 aliphatic heterocycles. The van der Waals surface area contributed by atoms with Gasteiger partial charge in [-0.2, -0.15) is 0 Å². The molecule has 4 heteroatoms. The van der Waals surface area contributed by atoms with Crippen molar-refractivity contribution < 1.29 is 4.79 Å². The molecule has 0 saturated heterocycles. The molecule has 0 bridgehead atoms. The minimum absolute atomic E-state index is 0.685. The van der Waals surface area contributed by atoms with Gasteiger partial charge in [0.05, 0.1) is 17.1 Å². The molecule has 0 radical (unpaired) electrons. The monoisotopic (exact) mass is 243 g/mol. The van der Waals surface area contributed by atoms with Crippen molar-refractivity contribution in [3.05, 3.63) is 41.4 Å². The third-order valence-electron chi connectivity index (χ3n) is 2.84. The van der Waals surface area contributed by atoms with Crippen LogP contribution in [0.5, 0.6) is 0 Å². The van der Waals surface area contributed by atoms with E-state index in [4.69, 9.17) is 0 Å².